The number of carbonyl (C=O) groups excluding carboxylic acids is 3. The number of rotatable bonds is 15. The average Bonchev–Trinajstić information content (AvgIpc) is 3.47. The maximum Gasteiger partial charge on any atom is 0.405 e. The molecule has 3 aromatic carbocycles. The van der Waals surface area contributed by atoms with E-state index in [1.54, 1.807) is 41.7 Å². The first kappa shape index (κ1) is 34.7. The lowest BCUT2D eigenvalue weighted by atomic mass is 10.0. The lowest BCUT2D eigenvalue weighted by Gasteiger charge is -2.30. The third-order valence-corrected chi connectivity index (χ3v) is 7.32. The van der Waals surface area contributed by atoms with E-state index < -0.39 is 49.0 Å². The number of hydrogen-bond acceptors (Lipinski definition) is 5. The highest BCUT2D eigenvalue weighted by molar-refractivity contribution is 5.97. The van der Waals surface area contributed by atoms with Crippen LogP contribution in [-0.2, 0) is 24.2 Å². The van der Waals surface area contributed by atoms with Crippen LogP contribution in [0.1, 0.15) is 56.9 Å². The molecule has 14 heteroatoms. The van der Waals surface area contributed by atoms with Gasteiger partial charge in [-0.25, -0.2) is 9.07 Å². The van der Waals surface area contributed by atoms with E-state index in [9.17, 15) is 36.3 Å². The molecular weight excluding hydrogens is 623 g/mol. The van der Waals surface area contributed by atoms with E-state index in [2.05, 4.69) is 10.3 Å². The van der Waals surface area contributed by atoms with Crippen LogP contribution in [0.4, 0.5) is 22.0 Å². The van der Waals surface area contributed by atoms with E-state index in [-0.39, 0.29) is 30.6 Å². The quantitative estimate of drug-likeness (QED) is 0.136. The summed E-state index contributed by atoms with van der Waals surface area (Å²) in [6.45, 7) is -2.21. The van der Waals surface area contributed by atoms with E-state index in [1.807, 2.05) is 0 Å². The van der Waals surface area contributed by atoms with Crippen LogP contribution in [0, 0.1) is 5.82 Å². The number of carbonyl (C=O) groups is 3. The van der Waals surface area contributed by atoms with Crippen molar-refractivity contribution < 1.29 is 36.3 Å². The minimum Gasteiger partial charge on any atom is -0.368 e. The van der Waals surface area contributed by atoms with Crippen LogP contribution in [0.3, 0.4) is 0 Å². The fourth-order valence-electron chi connectivity index (χ4n) is 4.99. The Hall–Kier alpha value is -5.14. The highest BCUT2D eigenvalue weighted by Crippen LogP contribution is 2.23. The number of nitrogens with zero attached hydrogens (tertiary/aromatic N) is 4. The van der Waals surface area contributed by atoms with Crippen molar-refractivity contribution in [2.75, 3.05) is 13.2 Å². The first-order valence-corrected chi connectivity index (χ1v) is 14.8. The van der Waals surface area contributed by atoms with Crippen LogP contribution in [0.15, 0.2) is 78.9 Å². The Labute approximate surface area is 267 Å². The number of alkyl halides is 4. The van der Waals surface area contributed by atoms with Gasteiger partial charge in [0.2, 0.25) is 5.91 Å². The van der Waals surface area contributed by atoms with Crippen LogP contribution in [0.25, 0.3) is 5.69 Å². The van der Waals surface area contributed by atoms with Crippen molar-refractivity contribution in [1.29, 1.82) is 0 Å². The van der Waals surface area contributed by atoms with Gasteiger partial charge in [0.05, 0.1) is 18.1 Å². The van der Waals surface area contributed by atoms with Crippen molar-refractivity contribution in [1.82, 2.24) is 25.2 Å². The van der Waals surface area contributed by atoms with Crippen LogP contribution >= 0.6 is 0 Å². The smallest absolute Gasteiger partial charge is 0.368 e. The molecule has 1 heterocycles. The molecule has 248 valence electrons. The van der Waals surface area contributed by atoms with Crippen LogP contribution < -0.4 is 11.1 Å². The van der Waals surface area contributed by atoms with E-state index in [0.29, 0.717) is 36.2 Å². The minimum atomic E-state index is -4.58. The molecule has 0 radical (unpaired) electrons. The highest BCUT2D eigenvalue weighted by atomic mass is 19.4. The van der Waals surface area contributed by atoms with E-state index in [4.69, 9.17) is 5.73 Å². The summed E-state index contributed by atoms with van der Waals surface area (Å²) in [5.74, 6) is -2.97. The summed E-state index contributed by atoms with van der Waals surface area (Å²) in [6.07, 6.45) is -3.07. The predicted octanol–water partition coefficient (Wildman–Crippen LogP) is 5.12. The standard InChI is InChI=1S/C33H33F5N6O3/c34-17-6-2-5-12-27-29(41-42-44(27)26-15-13-24(14-16-26)31(46)40-21-33(36,37)38)32(47)43(20-23-10-7-11-25(35)18-23)28(30(39)45)19-22-8-3-1-4-9-22/h1,3-4,7-11,13-16,18,28H,2,5-6,12,17,19-21H2,(H2,39,45)(H,40,46)/t28-/m0/s1. The third kappa shape index (κ3) is 9.67. The average molecular weight is 657 g/mol. The second-order valence-corrected chi connectivity index (χ2v) is 10.8. The van der Waals surface area contributed by atoms with Gasteiger partial charge in [0.15, 0.2) is 5.69 Å². The Kier molecular flexibility index (Phi) is 11.8. The minimum absolute atomic E-state index is 0.0367. The van der Waals surface area contributed by atoms with Gasteiger partial charge in [-0.3, -0.25) is 18.8 Å². The topological polar surface area (TPSA) is 123 Å². The fraction of sp³-hybridized carbons (Fsp3) is 0.303. The summed E-state index contributed by atoms with van der Waals surface area (Å²) in [5, 5.41) is 10.1. The van der Waals surface area contributed by atoms with Gasteiger partial charge in [-0.1, -0.05) is 54.1 Å². The fourth-order valence-corrected chi connectivity index (χ4v) is 4.99. The lowest BCUT2D eigenvalue weighted by Crippen LogP contribution is -2.49. The molecule has 4 rings (SSSR count). The largest absolute Gasteiger partial charge is 0.405 e. The number of halogens is 5. The SMILES string of the molecule is NC(=O)[C@H](Cc1ccccc1)N(Cc1cccc(F)c1)C(=O)c1nnn(-c2ccc(C(=O)NCC(F)(F)F)cc2)c1CCCCCF. The first-order chi connectivity index (χ1) is 22.5. The van der Waals surface area contributed by atoms with Gasteiger partial charge in [0.1, 0.15) is 18.4 Å². The van der Waals surface area contributed by atoms with Gasteiger partial charge < -0.3 is 16.0 Å². The molecule has 0 aliphatic heterocycles. The molecule has 0 aliphatic rings. The van der Waals surface area contributed by atoms with Gasteiger partial charge in [0, 0.05) is 18.5 Å². The van der Waals surface area contributed by atoms with Gasteiger partial charge >= 0.3 is 6.18 Å². The lowest BCUT2D eigenvalue weighted by molar-refractivity contribution is -0.123. The number of hydrogen-bond donors (Lipinski definition) is 2. The van der Waals surface area contributed by atoms with Gasteiger partial charge in [0.25, 0.3) is 11.8 Å². The molecule has 0 saturated carbocycles. The van der Waals surface area contributed by atoms with Crippen LogP contribution in [0.5, 0.6) is 0 Å². The van der Waals surface area contributed by atoms with Crippen molar-refractivity contribution in [2.45, 2.75) is 50.9 Å². The molecule has 4 aromatic rings. The number of benzene rings is 3. The van der Waals surface area contributed by atoms with Gasteiger partial charge in [-0.15, -0.1) is 5.10 Å². The maximum absolute atomic E-state index is 14.3. The van der Waals surface area contributed by atoms with Crippen molar-refractivity contribution in [3.05, 3.63) is 113 Å². The highest BCUT2D eigenvalue weighted by Gasteiger charge is 2.33. The van der Waals surface area contributed by atoms with Gasteiger partial charge in [-0.05, 0) is 66.8 Å². The Morgan fingerprint density at radius 1 is 0.915 bits per heavy atom. The Morgan fingerprint density at radius 3 is 2.26 bits per heavy atom. The van der Waals surface area contributed by atoms with E-state index in [1.165, 1.54) is 52.0 Å². The molecule has 9 nitrogen and oxygen atoms in total. The number of nitrogens with two attached hydrogens (primary N) is 1. The zero-order valence-corrected chi connectivity index (χ0v) is 25.2. The molecule has 1 aromatic heterocycles. The number of nitrogens with one attached hydrogen (secondary N) is 1. The zero-order valence-electron chi connectivity index (χ0n) is 25.2. The Morgan fingerprint density at radius 2 is 1.62 bits per heavy atom. The zero-order chi connectivity index (χ0) is 34.0. The number of aromatic nitrogens is 3. The van der Waals surface area contributed by atoms with Crippen LogP contribution in [-0.4, -0.2) is 63.1 Å². The Balaban J connectivity index is 1.72. The molecule has 0 unspecified atom stereocenters. The Bertz CT molecular complexity index is 1660. The number of primary amides is 1. The monoisotopic (exact) mass is 656 g/mol. The molecule has 47 heavy (non-hydrogen) atoms. The van der Waals surface area contributed by atoms with Crippen molar-refractivity contribution in [3.63, 3.8) is 0 Å². The van der Waals surface area contributed by atoms with E-state index in [0.717, 1.165) is 5.56 Å². The predicted molar refractivity (Wildman–Crippen MR) is 163 cm³/mol. The second kappa shape index (κ2) is 15.9. The summed E-state index contributed by atoms with van der Waals surface area (Å²) < 4.78 is 66.0. The number of amides is 3. The normalized spacial score (nSPS) is 12.0. The maximum atomic E-state index is 14.3. The van der Waals surface area contributed by atoms with Crippen LogP contribution in [0.2, 0.25) is 0 Å². The number of unbranched alkanes of at least 4 members (excludes halogenated alkanes) is 2. The molecule has 1 atom stereocenters. The summed E-state index contributed by atoms with van der Waals surface area (Å²) in [5.41, 5.74) is 7.46. The summed E-state index contributed by atoms with van der Waals surface area (Å²) in [7, 11) is 0. The molecule has 0 aliphatic carbocycles. The molecule has 0 bridgehead atoms. The van der Waals surface area contributed by atoms with Gasteiger partial charge in [-0.2, -0.15) is 13.2 Å². The molecule has 3 amide bonds. The summed E-state index contributed by atoms with van der Waals surface area (Å²) in [6, 6.07) is 18.8. The summed E-state index contributed by atoms with van der Waals surface area (Å²) >= 11 is 0. The third-order valence-electron chi connectivity index (χ3n) is 7.32. The molecule has 3 N–H and O–H groups in total. The van der Waals surface area contributed by atoms with Crippen molar-refractivity contribution >= 4 is 17.7 Å². The first-order valence-electron chi connectivity index (χ1n) is 14.8. The second-order valence-electron chi connectivity index (χ2n) is 10.8. The molecular formula is C33H33F5N6O3. The molecule has 0 saturated heterocycles. The van der Waals surface area contributed by atoms with Crippen molar-refractivity contribution in [3.8, 4) is 5.69 Å². The van der Waals surface area contributed by atoms with Crippen molar-refractivity contribution in [2.24, 2.45) is 5.73 Å². The van der Waals surface area contributed by atoms with E-state index >= 15 is 0 Å². The molecule has 0 spiro atoms. The molecule has 0 fully saturated rings. The summed E-state index contributed by atoms with van der Waals surface area (Å²) in [4.78, 5) is 40.6.